The van der Waals surface area contributed by atoms with Crippen LogP contribution >= 0.6 is 15.9 Å². The number of carbonyl (C=O) groups excluding carboxylic acids is 2. The zero-order valence-electron chi connectivity index (χ0n) is 16.7. The number of hydrogen-bond donors (Lipinski definition) is 1. The average molecular weight is 457 g/mol. The summed E-state index contributed by atoms with van der Waals surface area (Å²) in [5.74, 6) is 0.183. The van der Waals surface area contributed by atoms with Gasteiger partial charge in [0.2, 0.25) is 5.91 Å². The van der Waals surface area contributed by atoms with E-state index in [0.29, 0.717) is 11.3 Å². The smallest absolute Gasteiger partial charge is 0.265 e. The predicted molar refractivity (Wildman–Crippen MR) is 116 cm³/mol. The van der Waals surface area contributed by atoms with Crippen molar-refractivity contribution in [2.24, 2.45) is 0 Å². The lowest BCUT2D eigenvalue weighted by Crippen LogP contribution is -2.46. The summed E-state index contributed by atoms with van der Waals surface area (Å²) in [7, 11) is 0. The van der Waals surface area contributed by atoms with Crippen LogP contribution in [0, 0.1) is 13.8 Å². The molecule has 1 saturated carbocycles. The lowest BCUT2D eigenvalue weighted by atomic mass is 10.0. The lowest BCUT2D eigenvalue weighted by Gasteiger charge is -2.31. The third-order valence-electron chi connectivity index (χ3n) is 5.58. The number of hydrogen-bond acceptors (Lipinski definition) is 3. The molecule has 0 saturated heterocycles. The first-order valence-corrected chi connectivity index (χ1v) is 10.8. The predicted octanol–water partition coefficient (Wildman–Crippen LogP) is 4.59. The second kappa shape index (κ2) is 8.19. The summed E-state index contributed by atoms with van der Waals surface area (Å²) in [4.78, 5) is 28.3. The van der Waals surface area contributed by atoms with E-state index >= 15 is 0 Å². The molecule has 1 unspecified atom stereocenters. The molecule has 4 rings (SSSR count). The number of benzene rings is 2. The van der Waals surface area contributed by atoms with Gasteiger partial charge < -0.3 is 10.1 Å². The quantitative estimate of drug-likeness (QED) is 0.734. The topological polar surface area (TPSA) is 58.6 Å². The van der Waals surface area contributed by atoms with Gasteiger partial charge in [-0.15, -0.1) is 0 Å². The SMILES string of the molecule is Cc1cc(C)cc(N2C(=O)COc3ccc(Br)cc3C2C(=O)NC2CCCC2)c1. The summed E-state index contributed by atoms with van der Waals surface area (Å²) in [5, 5.41) is 3.18. The zero-order chi connectivity index (χ0) is 20.5. The minimum absolute atomic E-state index is 0.102. The van der Waals surface area contributed by atoms with Gasteiger partial charge >= 0.3 is 0 Å². The summed E-state index contributed by atoms with van der Waals surface area (Å²) in [5.41, 5.74) is 3.50. The van der Waals surface area contributed by atoms with Gasteiger partial charge in [0, 0.05) is 21.8 Å². The van der Waals surface area contributed by atoms with Crippen LogP contribution in [-0.2, 0) is 9.59 Å². The van der Waals surface area contributed by atoms with E-state index in [0.717, 1.165) is 47.0 Å². The second-order valence-electron chi connectivity index (χ2n) is 7.97. The molecule has 29 heavy (non-hydrogen) atoms. The maximum atomic E-state index is 13.5. The number of nitrogens with zero attached hydrogens (tertiary/aromatic N) is 1. The van der Waals surface area contributed by atoms with E-state index in [9.17, 15) is 9.59 Å². The third-order valence-corrected chi connectivity index (χ3v) is 6.07. The first kappa shape index (κ1) is 20.0. The van der Waals surface area contributed by atoms with E-state index in [2.05, 4.69) is 27.3 Å². The highest BCUT2D eigenvalue weighted by molar-refractivity contribution is 9.10. The molecule has 1 aliphatic carbocycles. The van der Waals surface area contributed by atoms with Crippen molar-refractivity contribution < 1.29 is 14.3 Å². The van der Waals surface area contributed by atoms with Crippen LogP contribution in [0.1, 0.15) is 48.4 Å². The Hall–Kier alpha value is -2.34. The maximum absolute atomic E-state index is 13.5. The Bertz CT molecular complexity index is 933. The number of carbonyl (C=O) groups is 2. The van der Waals surface area contributed by atoms with Gasteiger partial charge in [-0.3, -0.25) is 14.5 Å². The summed E-state index contributed by atoms with van der Waals surface area (Å²) < 4.78 is 6.63. The van der Waals surface area contributed by atoms with Crippen LogP contribution in [-0.4, -0.2) is 24.5 Å². The molecule has 1 fully saturated rings. The fourth-order valence-electron chi connectivity index (χ4n) is 4.35. The molecule has 0 radical (unpaired) electrons. The minimum Gasteiger partial charge on any atom is -0.483 e. The Morgan fingerprint density at radius 3 is 2.48 bits per heavy atom. The van der Waals surface area contributed by atoms with Crippen LogP contribution in [0.25, 0.3) is 0 Å². The van der Waals surface area contributed by atoms with Crippen molar-refractivity contribution in [2.45, 2.75) is 51.6 Å². The molecule has 1 atom stereocenters. The molecule has 5 nitrogen and oxygen atoms in total. The molecular weight excluding hydrogens is 432 g/mol. The van der Waals surface area contributed by atoms with Crippen LogP contribution < -0.4 is 15.0 Å². The lowest BCUT2D eigenvalue weighted by molar-refractivity contribution is -0.127. The Labute approximate surface area is 179 Å². The summed E-state index contributed by atoms with van der Waals surface area (Å²) >= 11 is 3.50. The average Bonchev–Trinajstić information content (AvgIpc) is 3.11. The standard InChI is InChI=1S/C23H25BrN2O3/c1-14-9-15(2)11-18(10-14)26-21(27)13-29-20-8-7-16(24)12-19(20)22(26)23(28)25-17-5-3-4-6-17/h7-12,17,22H,3-6,13H2,1-2H3,(H,25,28). The van der Waals surface area contributed by atoms with Crippen molar-refractivity contribution in [3.8, 4) is 5.75 Å². The fourth-order valence-corrected chi connectivity index (χ4v) is 4.73. The minimum atomic E-state index is -0.778. The molecule has 152 valence electrons. The largest absolute Gasteiger partial charge is 0.483 e. The molecule has 1 heterocycles. The first-order chi connectivity index (χ1) is 13.9. The van der Waals surface area contributed by atoms with Crippen molar-refractivity contribution in [1.29, 1.82) is 0 Å². The maximum Gasteiger partial charge on any atom is 0.265 e. The molecule has 1 aliphatic heterocycles. The molecule has 2 aromatic carbocycles. The number of ether oxygens (including phenoxy) is 1. The Morgan fingerprint density at radius 2 is 1.79 bits per heavy atom. The van der Waals surface area contributed by atoms with Gasteiger partial charge in [0.1, 0.15) is 11.8 Å². The van der Waals surface area contributed by atoms with Crippen molar-refractivity contribution in [3.05, 3.63) is 57.6 Å². The van der Waals surface area contributed by atoms with E-state index in [1.54, 1.807) is 4.90 Å². The molecule has 1 N–H and O–H groups in total. The van der Waals surface area contributed by atoms with Gasteiger partial charge in [0.05, 0.1) is 0 Å². The van der Waals surface area contributed by atoms with Gasteiger partial charge in [-0.05, 0) is 68.1 Å². The highest BCUT2D eigenvalue weighted by Gasteiger charge is 2.38. The Morgan fingerprint density at radius 1 is 1.10 bits per heavy atom. The van der Waals surface area contributed by atoms with Gasteiger partial charge in [-0.2, -0.15) is 0 Å². The fraction of sp³-hybridized carbons (Fsp3) is 0.391. The van der Waals surface area contributed by atoms with E-state index in [4.69, 9.17) is 4.74 Å². The highest BCUT2D eigenvalue weighted by Crippen LogP contribution is 2.38. The van der Waals surface area contributed by atoms with Gasteiger partial charge in [0.25, 0.3) is 5.91 Å². The number of rotatable bonds is 3. The summed E-state index contributed by atoms with van der Waals surface area (Å²) in [6.07, 6.45) is 4.22. The van der Waals surface area contributed by atoms with Gasteiger partial charge in [-0.25, -0.2) is 0 Å². The third kappa shape index (κ3) is 4.17. The van der Waals surface area contributed by atoms with E-state index in [1.807, 2.05) is 44.2 Å². The van der Waals surface area contributed by atoms with E-state index in [1.165, 1.54) is 0 Å². The molecule has 0 spiro atoms. The second-order valence-corrected chi connectivity index (χ2v) is 8.89. The van der Waals surface area contributed by atoms with Crippen molar-refractivity contribution in [3.63, 3.8) is 0 Å². The molecule has 2 aromatic rings. The van der Waals surface area contributed by atoms with Crippen molar-refractivity contribution in [2.75, 3.05) is 11.5 Å². The van der Waals surface area contributed by atoms with Gasteiger partial charge in [0.15, 0.2) is 6.61 Å². The summed E-state index contributed by atoms with van der Waals surface area (Å²) in [6.45, 7) is 3.88. The molecule has 6 heteroatoms. The zero-order valence-corrected chi connectivity index (χ0v) is 18.3. The van der Waals surface area contributed by atoms with Crippen LogP contribution in [0.3, 0.4) is 0 Å². The van der Waals surface area contributed by atoms with Crippen molar-refractivity contribution in [1.82, 2.24) is 5.32 Å². The monoisotopic (exact) mass is 456 g/mol. The highest BCUT2D eigenvalue weighted by atomic mass is 79.9. The number of aryl methyl sites for hydroxylation is 2. The Kier molecular flexibility index (Phi) is 5.63. The molecule has 0 aromatic heterocycles. The first-order valence-electron chi connectivity index (χ1n) is 10.1. The molecule has 2 aliphatic rings. The Balaban J connectivity index is 1.82. The van der Waals surface area contributed by atoms with Crippen LogP contribution in [0.2, 0.25) is 0 Å². The molecule has 0 bridgehead atoms. The number of halogens is 1. The van der Waals surface area contributed by atoms with Crippen molar-refractivity contribution >= 4 is 33.4 Å². The van der Waals surface area contributed by atoms with E-state index in [-0.39, 0.29) is 24.5 Å². The summed E-state index contributed by atoms with van der Waals surface area (Å²) in [6, 6.07) is 10.9. The molecule has 2 amide bonds. The number of fused-ring (bicyclic) bond motifs is 1. The number of anilines is 1. The normalized spacial score (nSPS) is 19.5. The molecular formula is C23H25BrN2O3. The number of nitrogens with one attached hydrogen (secondary N) is 1. The van der Waals surface area contributed by atoms with Gasteiger partial charge in [-0.1, -0.05) is 34.8 Å². The number of amides is 2. The van der Waals surface area contributed by atoms with Crippen LogP contribution in [0.5, 0.6) is 5.75 Å². The van der Waals surface area contributed by atoms with Crippen LogP contribution in [0.4, 0.5) is 5.69 Å². The van der Waals surface area contributed by atoms with Crippen LogP contribution in [0.15, 0.2) is 40.9 Å². The van der Waals surface area contributed by atoms with E-state index < -0.39 is 6.04 Å².